The first-order valence-electron chi connectivity index (χ1n) is 5.18. The minimum atomic E-state index is -0.284. The Kier molecular flexibility index (Phi) is 3.24. The summed E-state index contributed by atoms with van der Waals surface area (Å²) in [5.41, 5.74) is 0.223. The first-order valence-corrected chi connectivity index (χ1v) is 5.18. The van der Waals surface area contributed by atoms with Gasteiger partial charge in [-0.15, -0.1) is 15.3 Å². The van der Waals surface area contributed by atoms with Gasteiger partial charge < -0.3 is 5.32 Å². The second kappa shape index (κ2) is 5.01. The van der Waals surface area contributed by atoms with E-state index >= 15 is 0 Å². The van der Waals surface area contributed by atoms with Crippen LogP contribution in [-0.4, -0.2) is 37.4 Å². The van der Waals surface area contributed by atoms with Crippen LogP contribution in [0.15, 0.2) is 18.5 Å². The Morgan fingerprint density at radius 3 is 2.89 bits per heavy atom. The van der Waals surface area contributed by atoms with E-state index in [1.807, 2.05) is 13.0 Å². The third-order valence-corrected chi connectivity index (χ3v) is 2.05. The number of nitrogens with one attached hydrogen (secondary N) is 1. The summed E-state index contributed by atoms with van der Waals surface area (Å²) in [6, 6.07) is 4.91. The molecule has 0 unspecified atom stereocenters. The highest BCUT2D eigenvalue weighted by molar-refractivity contribution is 5.92. The molecular weight excluding hydrogens is 234 g/mol. The van der Waals surface area contributed by atoms with E-state index in [1.54, 1.807) is 6.07 Å². The smallest absolute Gasteiger partial charge is 0.271 e. The maximum atomic E-state index is 11.5. The second-order valence-electron chi connectivity index (χ2n) is 3.26. The molecular formula is C10H9N7O. The molecule has 0 saturated carbocycles. The third-order valence-electron chi connectivity index (χ3n) is 2.05. The number of rotatable bonds is 3. The van der Waals surface area contributed by atoms with E-state index in [0.29, 0.717) is 12.4 Å². The molecule has 90 valence electrons. The van der Waals surface area contributed by atoms with Crippen LogP contribution in [0.25, 0.3) is 5.82 Å². The fourth-order valence-electron chi connectivity index (χ4n) is 1.24. The molecule has 1 N–H and O–H groups in total. The Morgan fingerprint density at radius 2 is 2.33 bits per heavy atom. The Morgan fingerprint density at radius 1 is 1.50 bits per heavy atom. The molecule has 0 radical (unpaired) electrons. The molecule has 0 fully saturated rings. The molecule has 2 aromatic heterocycles. The Labute approximate surface area is 102 Å². The van der Waals surface area contributed by atoms with Gasteiger partial charge in [-0.2, -0.15) is 9.94 Å². The van der Waals surface area contributed by atoms with Gasteiger partial charge in [0.1, 0.15) is 12.4 Å². The standard InChI is InChI=1S/C10H9N7O/c1-2-12-10(18)7-3-4-9(15-14-7)17-6-13-8(5-11)16-17/h3-4,6H,2H2,1H3,(H,12,18). The lowest BCUT2D eigenvalue weighted by atomic mass is 10.3. The first-order chi connectivity index (χ1) is 8.74. The highest BCUT2D eigenvalue weighted by Crippen LogP contribution is 2.02. The van der Waals surface area contributed by atoms with Gasteiger partial charge in [0.05, 0.1) is 0 Å². The van der Waals surface area contributed by atoms with Crippen LogP contribution in [0.2, 0.25) is 0 Å². The second-order valence-corrected chi connectivity index (χ2v) is 3.26. The fourth-order valence-corrected chi connectivity index (χ4v) is 1.24. The van der Waals surface area contributed by atoms with Crippen molar-refractivity contribution in [3.63, 3.8) is 0 Å². The number of nitrogens with zero attached hydrogens (tertiary/aromatic N) is 6. The topological polar surface area (TPSA) is 109 Å². The molecule has 0 spiro atoms. The number of carbonyl (C=O) groups is 1. The van der Waals surface area contributed by atoms with Crippen molar-refractivity contribution in [3.05, 3.63) is 30.0 Å². The van der Waals surface area contributed by atoms with E-state index in [2.05, 4.69) is 25.6 Å². The molecule has 18 heavy (non-hydrogen) atoms. The summed E-state index contributed by atoms with van der Waals surface area (Å²) in [6.45, 7) is 2.34. The lowest BCUT2D eigenvalue weighted by molar-refractivity contribution is 0.0950. The minimum Gasteiger partial charge on any atom is -0.351 e. The van der Waals surface area contributed by atoms with E-state index in [-0.39, 0.29) is 17.4 Å². The van der Waals surface area contributed by atoms with Crippen LogP contribution in [0.1, 0.15) is 23.2 Å². The van der Waals surface area contributed by atoms with Crippen molar-refractivity contribution in [3.8, 4) is 11.9 Å². The van der Waals surface area contributed by atoms with E-state index in [1.165, 1.54) is 17.1 Å². The van der Waals surface area contributed by atoms with Crippen molar-refractivity contribution in [2.75, 3.05) is 6.54 Å². The van der Waals surface area contributed by atoms with Crippen LogP contribution < -0.4 is 5.32 Å². The average molecular weight is 243 g/mol. The van der Waals surface area contributed by atoms with E-state index in [4.69, 9.17) is 5.26 Å². The number of hydrogen-bond acceptors (Lipinski definition) is 6. The molecule has 2 heterocycles. The zero-order chi connectivity index (χ0) is 13.0. The summed E-state index contributed by atoms with van der Waals surface area (Å²) in [5, 5.41) is 22.7. The van der Waals surface area contributed by atoms with Crippen LogP contribution in [0.4, 0.5) is 0 Å². The minimum absolute atomic E-state index is 0.0459. The Hall–Kier alpha value is -2.82. The molecule has 2 aromatic rings. The summed E-state index contributed by atoms with van der Waals surface area (Å²) in [7, 11) is 0. The van der Waals surface area contributed by atoms with Gasteiger partial charge in [-0.25, -0.2) is 4.98 Å². The van der Waals surface area contributed by atoms with E-state index in [0.717, 1.165) is 0 Å². The van der Waals surface area contributed by atoms with Gasteiger partial charge >= 0.3 is 0 Å². The van der Waals surface area contributed by atoms with Crippen LogP contribution in [0, 0.1) is 11.3 Å². The molecule has 8 nitrogen and oxygen atoms in total. The number of amides is 1. The SMILES string of the molecule is CCNC(=O)c1ccc(-n2cnc(C#N)n2)nn1. The van der Waals surface area contributed by atoms with Crippen LogP contribution in [-0.2, 0) is 0 Å². The number of carbonyl (C=O) groups excluding carboxylic acids is 1. The van der Waals surface area contributed by atoms with E-state index < -0.39 is 0 Å². The summed E-state index contributed by atoms with van der Waals surface area (Å²) in [4.78, 5) is 15.2. The number of hydrogen-bond donors (Lipinski definition) is 1. The van der Waals surface area contributed by atoms with Gasteiger partial charge in [0, 0.05) is 6.54 Å². The van der Waals surface area contributed by atoms with Gasteiger partial charge in [0.2, 0.25) is 0 Å². The van der Waals surface area contributed by atoms with Gasteiger partial charge in [-0.3, -0.25) is 4.79 Å². The molecule has 0 aliphatic carbocycles. The van der Waals surface area contributed by atoms with Crippen molar-refractivity contribution in [2.45, 2.75) is 6.92 Å². The van der Waals surface area contributed by atoms with Crippen molar-refractivity contribution < 1.29 is 4.79 Å². The number of nitriles is 1. The van der Waals surface area contributed by atoms with Crippen LogP contribution >= 0.6 is 0 Å². The molecule has 0 saturated heterocycles. The predicted molar refractivity (Wildman–Crippen MR) is 59.7 cm³/mol. The van der Waals surface area contributed by atoms with Gasteiger partial charge in [-0.05, 0) is 19.1 Å². The summed E-state index contributed by atoms with van der Waals surface area (Å²) < 4.78 is 1.31. The zero-order valence-electron chi connectivity index (χ0n) is 9.53. The van der Waals surface area contributed by atoms with Crippen LogP contribution in [0.3, 0.4) is 0 Å². The highest BCUT2D eigenvalue weighted by atomic mass is 16.1. The van der Waals surface area contributed by atoms with Crippen molar-refractivity contribution in [1.82, 2.24) is 30.3 Å². The van der Waals surface area contributed by atoms with Gasteiger partial charge in [0.15, 0.2) is 11.5 Å². The molecule has 8 heteroatoms. The van der Waals surface area contributed by atoms with Crippen LogP contribution in [0.5, 0.6) is 0 Å². The van der Waals surface area contributed by atoms with E-state index in [9.17, 15) is 4.79 Å². The molecule has 0 atom stereocenters. The highest BCUT2D eigenvalue weighted by Gasteiger charge is 2.08. The predicted octanol–water partition coefficient (Wildman–Crippen LogP) is -0.321. The van der Waals surface area contributed by atoms with Gasteiger partial charge in [0.25, 0.3) is 11.7 Å². The molecule has 0 aliphatic rings. The summed E-state index contributed by atoms with van der Waals surface area (Å²) in [5.74, 6) is 0.148. The summed E-state index contributed by atoms with van der Waals surface area (Å²) >= 11 is 0. The maximum Gasteiger partial charge on any atom is 0.271 e. The molecule has 0 bridgehead atoms. The molecule has 0 aromatic carbocycles. The normalized spacial score (nSPS) is 9.78. The quantitative estimate of drug-likeness (QED) is 0.791. The lowest BCUT2D eigenvalue weighted by Gasteiger charge is -2.01. The molecule has 1 amide bonds. The van der Waals surface area contributed by atoms with Crippen molar-refractivity contribution in [1.29, 1.82) is 5.26 Å². The third kappa shape index (κ3) is 2.30. The first kappa shape index (κ1) is 11.7. The molecule has 2 rings (SSSR count). The lowest BCUT2D eigenvalue weighted by Crippen LogP contribution is -2.24. The summed E-state index contributed by atoms with van der Waals surface area (Å²) in [6.07, 6.45) is 1.36. The average Bonchev–Trinajstić information content (AvgIpc) is 2.88. The van der Waals surface area contributed by atoms with Gasteiger partial charge in [-0.1, -0.05) is 0 Å². The van der Waals surface area contributed by atoms with Crippen molar-refractivity contribution >= 4 is 5.91 Å². The van der Waals surface area contributed by atoms with Crippen molar-refractivity contribution in [2.24, 2.45) is 0 Å². The number of aromatic nitrogens is 5. The molecule has 0 aliphatic heterocycles. The largest absolute Gasteiger partial charge is 0.351 e. The maximum absolute atomic E-state index is 11.5. The Bertz CT molecular complexity index is 595. The fraction of sp³-hybridized carbons (Fsp3) is 0.200. The zero-order valence-corrected chi connectivity index (χ0v) is 9.53. The monoisotopic (exact) mass is 243 g/mol. The Balaban J connectivity index is 2.22.